The summed E-state index contributed by atoms with van der Waals surface area (Å²) >= 11 is 13.4. The van der Waals surface area contributed by atoms with E-state index in [4.69, 9.17) is 33.5 Å². The Balaban J connectivity index is 1.99. The fourth-order valence-electron chi connectivity index (χ4n) is 1.88. The molecule has 0 spiro atoms. The molecular weight excluding hydrogens is 329 g/mol. The average Bonchev–Trinajstić information content (AvgIpc) is 3.08. The van der Waals surface area contributed by atoms with Crippen molar-refractivity contribution < 1.29 is 4.52 Å². The van der Waals surface area contributed by atoms with E-state index >= 15 is 0 Å². The van der Waals surface area contributed by atoms with E-state index < -0.39 is 0 Å². The topological polar surface area (TPSA) is 64.9 Å². The maximum absolute atomic E-state index is 6.00. The third kappa shape index (κ3) is 2.77. The number of nitrogens with two attached hydrogens (primary N) is 1. The smallest absolute Gasteiger partial charge is 0.261 e. The van der Waals surface area contributed by atoms with Gasteiger partial charge in [0.2, 0.25) is 5.82 Å². The molecule has 0 aliphatic heterocycles. The monoisotopic (exact) mass is 339 g/mol. The minimum Gasteiger partial charge on any atom is -0.390 e. The molecule has 0 unspecified atom stereocenters. The van der Waals surface area contributed by atoms with Crippen LogP contribution in [0.25, 0.3) is 22.8 Å². The molecule has 0 fully saturated rings. The van der Waals surface area contributed by atoms with E-state index in [0.717, 1.165) is 17.5 Å². The highest BCUT2D eigenvalue weighted by molar-refractivity contribution is 7.16. The lowest BCUT2D eigenvalue weighted by molar-refractivity contribution is 0.432. The van der Waals surface area contributed by atoms with Gasteiger partial charge in [-0.3, -0.25) is 0 Å². The van der Waals surface area contributed by atoms with Gasteiger partial charge < -0.3 is 10.3 Å². The summed E-state index contributed by atoms with van der Waals surface area (Å²) in [5.74, 6) is 0.858. The first kappa shape index (κ1) is 14.4. The highest BCUT2D eigenvalue weighted by Gasteiger charge is 2.16. The summed E-state index contributed by atoms with van der Waals surface area (Å²) < 4.78 is 5.30. The molecule has 0 atom stereocenters. The lowest BCUT2D eigenvalue weighted by Gasteiger charge is -1.97. The van der Waals surface area contributed by atoms with Crippen LogP contribution in [0, 0.1) is 0 Å². The van der Waals surface area contributed by atoms with Gasteiger partial charge in [0.15, 0.2) is 0 Å². The molecule has 3 rings (SSSR count). The van der Waals surface area contributed by atoms with Crippen LogP contribution in [-0.4, -0.2) is 10.1 Å². The van der Waals surface area contributed by atoms with Gasteiger partial charge in [0.25, 0.3) is 5.89 Å². The molecule has 0 saturated heterocycles. The van der Waals surface area contributed by atoms with Crippen LogP contribution < -0.4 is 5.73 Å². The maximum atomic E-state index is 6.00. The van der Waals surface area contributed by atoms with Crippen LogP contribution in [0.2, 0.25) is 10.0 Å². The zero-order valence-corrected chi connectivity index (χ0v) is 13.4. The Morgan fingerprint density at radius 2 is 2.05 bits per heavy atom. The number of anilines is 1. The average molecular weight is 340 g/mol. The Hall–Kier alpha value is -1.56. The SMILES string of the molecule is CCc1cc(-c2nc(-c3ccc(Cl)c(Cl)c3)no2)c(N)s1. The minimum atomic E-state index is 0.407. The molecule has 3 aromatic rings. The molecule has 2 heterocycles. The minimum absolute atomic E-state index is 0.407. The second kappa shape index (κ2) is 5.67. The van der Waals surface area contributed by atoms with Crippen LogP contribution in [0.1, 0.15) is 11.8 Å². The van der Waals surface area contributed by atoms with Crippen molar-refractivity contribution in [2.75, 3.05) is 5.73 Å². The number of hydrogen-bond donors (Lipinski definition) is 1. The summed E-state index contributed by atoms with van der Waals surface area (Å²) in [6.45, 7) is 2.07. The first-order valence-electron chi connectivity index (χ1n) is 6.26. The summed E-state index contributed by atoms with van der Waals surface area (Å²) in [7, 11) is 0. The molecule has 4 nitrogen and oxygen atoms in total. The molecule has 0 bridgehead atoms. The van der Waals surface area contributed by atoms with Crippen LogP contribution >= 0.6 is 34.5 Å². The van der Waals surface area contributed by atoms with Gasteiger partial charge in [-0.25, -0.2) is 0 Å². The van der Waals surface area contributed by atoms with E-state index in [1.54, 1.807) is 18.2 Å². The Morgan fingerprint density at radius 3 is 2.71 bits per heavy atom. The summed E-state index contributed by atoms with van der Waals surface area (Å²) in [5.41, 5.74) is 7.51. The standard InChI is InChI=1S/C14H11Cl2N3OS/c1-2-8-6-9(12(17)21-8)14-18-13(19-20-14)7-3-4-10(15)11(16)5-7/h3-6H,2,17H2,1H3. The predicted octanol–water partition coefficient (Wildman–Crippen LogP) is 4.92. The Bertz CT molecular complexity index is 797. The summed E-state index contributed by atoms with van der Waals surface area (Å²) in [6.07, 6.45) is 0.919. The molecule has 0 amide bonds. The number of hydrogen-bond acceptors (Lipinski definition) is 5. The van der Waals surface area contributed by atoms with Crippen molar-refractivity contribution in [3.63, 3.8) is 0 Å². The third-order valence-electron chi connectivity index (χ3n) is 2.99. The summed E-state index contributed by atoms with van der Waals surface area (Å²) in [4.78, 5) is 5.55. The molecule has 0 aliphatic carbocycles. The predicted molar refractivity (Wildman–Crippen MR) is 86.9 cm³/mol. The number of rotatable bonds is 3. The Labute approximate surface area is 135 Å². The van der Waals surface area contributed by atoms with E-state index in [9.17, 15) is 0 Å². The van der Waals surface area contributed by atoms with E-state index in [0.29, 0.717) is 26.8 Å². The van der Waals surface area contributed by atoms with E-state index in [-0.39, 0.29) is 0 Å². The quantitative estimate of drug-likeness (QED) is 0.735. The number of nitrogen functional groups attached to an aromatic ring is 1. The molecule has 0 radical (unpaired) electrons. The first-order chi connectivity index (χ1) is 10.1. The first-order valence-corrected chi connectivity index (χ1v) is 7.83. The molecule has 7 heteroatoms. The molecular formula is C14H11Cl2N3OS. The van der Waals surface area contributed by atoms with Gasteiger partial charge in [0, 0.05) is 10.4 Å². The lowest BCUT2D eigenvalue weighted by Crippen LogP contribution is -1.84. The molecule has 108 valence electrons. The molecule has 0 aliphatic rings. The second-order valence-electron chi connectivity index (χ2n) is 4.40. The van der Waals surface area contributed by atoms with Crippen molar-refractivity contribution in [3.8, 4) is 22.8 Å². The number of aromatic nitrogens is 2. The van der Waals surface area contributed by atoms with Crippen molar-refractivity contribution in [1.82, 2.24) is 10.1 Å². The van der Waals surface area contributed by atoms with Crippen molar-refractivity contribution in [2.24, 2.45) is 0 Å². The van der Waals surface area contributed by atoms with E-state index in [1.165, 1.54) is 16.2 Å². The normalized spacial score (nSPS) is 11.0. The number of thiophene rings is 1. The maximum Gasteiger partial charge on any atom is 0.261 e. The van der Waals surface area contributed by atoms with Crippen LogP contribution in [-0.2, 0) is 6.42 Å². The largest absolute Gasteiger partial charge is 0.390 e. The fraction of sp³-hybridized carbons (Fsp3) is 0.143. The van der Waals surface area contributed by atoms with E-state index in [1.807, 2.05) is 6.07 Å². The Kier molecular flexibility index (Phi) is 3.89. The highest BCUT2D eigenvalue weighted by atomic mass is 35.5. The number of halogens is 2. The van der Waals surface area contributed by atoms with Gasteiger partial charge >= 0.3 is 0 Å². The highest BCUT2D eigenvalue weighted by Crippen LogP contribution is 2.34. The number of aryl methyl sites for hydroxylation is 1. The van der Waals surface area contributed by atoms with Gasteiger partial charge in [0.05, 0.1) is 20.6 Å². The number of benzene rings is 1. The Morgan fingerprint density at radius 1 is 1.24 bits per heavy atom. The summed E-state index contributed by atoms with van der Waals surface area (Å²) in [6, 6.07) is 7.17. The van der Waals surface area contributed by atoms with Crippen LogP contribution in [0.3, 0.4) is 0 Å². The van der Waals surface area contributed by atoms with Crippen molar-refractivity contribution >= 4 is 39.5 Å². The van der Waals surface area contributed by atoms with Crippen LogP contribution in [0.15, 0.2) is 28.8 Å². The van der Waals surface area contributed by atoms with Gasteiger partial charge in [-0.05, 0) is 30.7 Å². The van der Waals surface area contributed by atoms with Gasteiger partial charge in [-0.2, -0.15) is 4.98 Å². The van der Waals surface area contributed by atoms with Crippen molar-refractivity contribution in [3.05, 3.63) is 39.2 Å². The summed E-state index contributed by atoms with van der Waals surface area (Å²) in [5, 5.41) is 5.58. The molecule has 21 heavy (non-hydrogen) atoms. The van der Waals surface area contributed by atoms with Crippen molar-refractivity contribution in [2.45, 2.75) is 13.3 Å². The van der Waals surface area contributed by atoms with Gasteiger partial charge in [-0.1, -0.05) is 35.3 Å². The lowest BCUT2D eigenvalue weighted by atomic mass is 10.2. The van der Waals surface area contributed by atoms with Crippen LogP contribution in [0.5, 0.6) is 0 Å². The molecule has 1 aromatic carbocycles. The van der Waals surface area contributed by atoms with E-state index in [2.05, 4.69) is 17.1 Å². The zero-order chi connectivity index (χ0) is 15.0. The van der Waals surface area contributed by atoms with Gasteiger partial charge in [-0.15, -0.1) is 11.3 Å². The van der Waals surface area contributed by atoms with Crippen molar-refractivity contribution in [1.29, 1.82) is 0 Å². The fourth-order valence-corrected chi connectivity index (χ4v) is 3.04. The zero-order valence-electron chi connectivity index (χ0n) is 11.1. The second-order valence-corrected chi connectivity index (χ2v) is 6.38. The third-order valence-corrected chi connectivity index (χ3v) is 4.84. The number of nitrogens with zero attached hydrogens (tertiary/aromatic N) is 2. The molecule has 0 saturated carbocycles. The van der Waals surface area contributed by atoms with Gasteiger partial charge in [0.1, 0.15) is 0 Å². The molecule has 2 aromatic heterocycles. The van der Waals surface area contributed by atoms with Crippen LogP contribution in [0.4, 0.5) is 5.00 Å². The molecule has 2 N–H and O–H groups in total.